The van der Waals surface area contributed by atoms with Gasteiger partial charge >= 0.3 is 12.1 Å². The number of nitrogens with one attached hydrogen (secondary N) is 1. The predicted octanol–water partition coefficient (Wildman–Crippen LogP) is 6.64. The maximum atomic E-state index is 12.3. The number of hydrogen-bond donors (Lipinski definition) is 1. The van der Waals surface area contributed by atoms with Crippen LogP contribution in [-0.4, -0.2) is 31.3 Å². The fourth-order valence-corrected chi connectivity index (χ4v) is 3.11. The third kappa shape index (κ3) is 17.3. The lowest BCUT2D eigenvalue weighted by Gasteiger charge is -2.21. The topological polar surface area (TPSA) is 64.6 Å². The van der Waals surface area contributed by atoms with Crippen molar-refractivity contribution in [1.29, 1.82) is 0 Å². The molecule has 0 aliphatic carbocycles. The van der Waals surface area contributed by atoms with Crippen LogP contribution < -0.4 is 5.32 Å². The molecule has 0 aromatic carbocycles. The lowest BCUT2D eigenvalue weighted by Crippen LogP contribution is -2.45. The Balaban J connectivity index is 3.72. The van der Waals surface area contributed by atoms with Gasteiger partial charge in [-0.2, -0.15) is 0 Å². The first-order chi connectivity index (χ1) is 13.9. The standard InChI is InChI=1S/C24H47NO4/c1-6-7-8-9-10-11-12-13-14-15-16-17-18-28-23(26)22(21(4)5)25-24(27)29-19-20(2)3/h20-22H,6-19H2,1-5H3,(H,25,27). The molecule has 0 spiro atoms. The van der Waals surface area contributed by atoms with Gasteiger partial charge in [0.2, 0.25) is 0 Å². The van der Waals surface area contributed by atoms with E-state index in [0.29, 0.717) is 13.2 Å². The Labute approximate surface area is 179 Å². The van der Waals surface area contributed by atoms with Crippen molar-refractivity contribution < 1.29 is 19.1 Å². The van der Waals surface area contributed by atoms with Crippen molar-refractivity contribution in [2.24, 2.45) is 11.8 Å². The van der Waals surface area contributed by atoms with Crippen LogP contribution in [0.25, 0.3) is 0 Å². The van der Waals surface area contributed by atoms with Crippen molar-refractivity contribution in [3.05, 3.63) is 0 Å². The molecule has 1 atom stereocenters. The zero-order chi connectivity index (χ0) is 21.9. The summed E-state index contributed by atoms with van der Waals surface area (Å²) in [6.07, 6.45) is 14.7. The smallest absolute Gasteiger partial charge is 0.407 e. The van der Waals surface area contributed by atoms with Crippen LogP contribution in [0.2, 0.25) is 0 Å². The molecule has 0 heterocycles. The molecular weight excluding hydrogens is 366 g/mol. The van der Waals surface area contributed by atoms with Gasteiger partial charge in [-0.15, -0.1) is 0 Å². The van der Waals surface area contributed by atoms with E-state index in [4.69, 9.17) is 9.47 Å². The second kappa shape index (κ2) is 18.7. The number of carbonyl (C=O) groups excluding carboxylic acids is 2. The molecule has 0 saturated carbocycles. The van der Waals surface area contributed by atoms with Gasteiger partial charge in [-0.05, 0) is 18.3 Å². The summed E-state index contributed by atoms with van der Waals surface area (Å²) in [5, 5.41) is 2.63. The number of esters is 1. The number of ether oxygens (including phenoxy) is 2. The summed E-state index contributed by atoms with van der Waals surface area (Å²) >= 11 is 0. The van der Waals surface area contributed by atoms with Gasteiger partial charge in [0.15, 0.2) is 0 Å². The number of amides is 1. The molecule has 29 heavy (non-hydrogen) atoms. The Bertz CT molecular complexity index is 410. The number of unbranched alkanes of at least 4 members (excludes halogenated alkanes) is 11. The maximum Gasteiger partial charge on any atom is 0.407 e. The Kier molecular flexibility index (Phi) is 17.9. The summed E-state index contributed by atoms with van der Waals surface area (Å²) in [4.78, 5) is 24.1. The minimum absolute atomic E-state index is 0.0453. The highest BCUT2D eigenvalue weighted by Gasteiger charge is 2.26. The molecule has 1 amide bonds. The third-order valence-corrected chi connectivity index (χ3v) is 4.98. The van der Waals surface area contributed by atoms with E-state index in [1.165, 1.54) is 64.2 Å². The molecular formula is C24H47NO4. The molecule has 0 aliphatic rings. The Morgan fingerprint density at radius 2 is 1.21 bits per heavy atom. The van der Waals surface area contributed by atoms with Crippen LogP contribution in [0.3, 0.4) is 0 Å². The van der Waals surface area contributed by atoms with Crippen LogP contribution in [-0.2, 0) is 14.3 Å². The van der Waals surface area contributed by atoms with E-state index >= 15 is 0 Å². The van der Waals surface area contributed by atoms with Crippen LogP contribution in [0.15, 0.2) is 0 Å². The van der Waals surface area contributed by atoms with Gasteiger partial charge in [0.25, 0.3) is 0 Å². The van der Waals surface area contributed by atoms with E-state index in [9.17, 15) is 9.59 Å². The predicted molar refractivity (Wildman–Crippen MR) is 120 cm³/mol. The normalized spacial score (nSPS) is 12.2. The first-order valence-corrected chi connectivity index (χ1v) is 12.0. The summed E-state index contributed by atoms with van der Waals surface area (Å²) in [5.74, 6) is -0.156. The number of rotatable bonds is 18. The van der Waals surface area contributed by atoms with Crippen molar-refractivity contribution >= 4 is 12.1 Å². The highest BCUT2D eigenvalue weighted by molar-refractivity contribution is 5.81. The molecule has 5 heteroatoms. The Morgan fingerprint density at radius 3 is 1.66 bits per heavy atom. The highest BCUT2D eigenvalue weighted by Crippen LogP contribution is 2.12. The molecule has 0 fully saturated rings. The van der Waals surface area contributed by atoms with E-state index in [1.807, 2.05) is 27.7 Å². The fraction of sp³-hybridized carbons (Fsp3) is 0.917. The van der Waals surface area contributed by atoms with Gasteiger partial charge in [-0.3, -0.25) is 0 Å². The van der Waals surface area contributed by atoms with E-state index in [-0.39, 0.29) is 17.8 Å². The lowest BCUT2D eigenvalue weighted by molar-refractivity contribution is -0.147. The van der Waals surface area contributed by atoms with Crippen LogP contribution in [0.4, 0.5) is 4.79 Å². The lowest BCUT2D eigenvalue weighted by atomic mass is 10.0. The van der Waals surface area contributed by atoms with Crippen LogP contribution in [0, 0.1) is 11.8 Å². The van der Waals surface area contributed by atoms with Crippen molar-refractivity contribution in [3.63, 3.8) is 0 Å². The zero-order valence-electron chi connectivity index (χ0n) is 19.8. The second-order valence-electron chi connectivity index (χ2n) is 8.91. The molecule has 5 nitrogen and oxygen atoms in total. The van der Waals surface area contributed by atoms with Crippen molar-refractivity contribution in [2.45, 2.75) is 118 Å². The van der Waals surface area contributed by atoms with Crippen LogP contribution in [0.5, 0.6) is 0 Å². The molecule has 0 rings (SSSR count). The minimum atomic E-state index is -0.660. The van der Waals surface area contributed by atoms with Crippen LogP contribution >= 0.6 is 0 Å². The van der Waals surface area contributed by atoms with E-state index in [1.54, 1.807) is 0 Å². The molecule has 0 radical (unpaired) electrons. The van der Waals surface area contributed by atoms with Gasteiger partial charge in [0.1, 0.15) is 6.04 Å². The SMILES string of the molecule is CCCCCCCCCCCCCCOC(=O)C(NC(=O)OCC(C)C)C(C)C. The molecule has 0 saturated heterocycles. The quantitative estimate of drug-likeness (QED) is 0.202. The molecule has 1 unspecified atom stereocenters. The molecule has 0 bridgehead atoms. The Hall–Kier alpha value is -1.26. The summed E-state index contributed by atoms with van der Waals surface area (Å²) in [6, 6.07) is -0.660. The number of alkyl carbamates (subject to hydrolysis) is 1. The molecule has 0 aromatic rings. The fourth-order valence-electron chi connectivity index (χ4n) is 3.11. The van der Waals surface area contributed by atoms with Crippen molar-refractivity contribution in [1.82, 2.24) is 5.32 Å². The van der Waals surface area contributed by atoms with Gasteiger partial charge in [-0.1, -0.05) is 105 Å². The highest BCUT2D eigenvalue weighted by atomic mass is 16.6. The average molecular weight is 414 g/mol. The molecule has 0 aromatic heterocycles. The maximum absolute atomic E-state index is 12.3. The largest absolute Gasteiger partial charge is 0.464 e. The van der Waals surface area contributed by atoms with Gasteiger partial charge in [-0.25, -0.2) is 9.59 Å². The summed E-state index contributed by atoms with van der Waals surface area (Å²) < 4.78 is 10.5. The number of hydrogen-bond acceptors (Lipinski definition) is 4. The van der Waals surface area contributed by atoms with Crippen molar-refractivity contribution in [2.75, 3.05) is 13.2 Å². The second-order valence-corrected chi connectivity index (χ2v) is 8.91. The first kappa shape index (κ1) is 27.7. The van der Waals surface area contributed by atoms with Crippen molar-refractivity contribution in [3.8, 4) is 0 Å². The van der Waals surface area contributed by atoms with E-state index < -0.39 is 12.1 Å². The van der Waals surface area contributed by atoms with Gasteiger partial charge in [0, 0.05) is 0 Å². The first-order valence-electron chi connectivity index (χ1n) is 12.0. The average Bonchev–Trinajstić information content (AvgIpc) is 2.67. The van der Waals surface area contributed by atoms with Crippen LogP contribution in [0.1, 0.15) is 112 Å². The third-order valence-electron chi connectivity index (χ3n) is 4.98. The summed E-state index contributed by atoms with van der Waals surface area (Å²) in [6.45, 7) is 10.7. The number of carbonyl (C=O) groups is 2. The van der Waals surface area contributed by atoms with E-state index in [0.717, 1.165) is 12.8 Å². The molecule has 0 aliphatic heterocycles. The molecule has 1 N–H and O–H groups in total. The molecule has 172 valence electrons. The van der Waals surface area contributed by atoms with Gasteiger partial charge < -0.3 is 14.8 Å². The Morgan fingerprint density at radius 1 is 0.724 bits per heavy atom. The van der Waals surface area contributed by atoms with E-state index in [2.05, 4.69) is 12.2 Å². The van der Waals surface area contributed by atoms with Gasteiger partial charge in [0.05, 0.1) is 13.2 Å². The summed E-state index contributed by atoms with van der Waals surface area (Å²) in [5.41, 5.74) is 0. The minimum Gasteiger partial charge on any atom is -0.464 e. The summed E-state index contributed by atoms with van der Waals surface area (Å²) in [7, 11) is 0. The monoisotopic (exact) mass is 413 g/mol. The zero-order valence-corrected chi connectivity index (χ0v) is 19.8.